The third-order valence-electron chi connectivity index (χ3n) is 4.98. The Labute approximate surface area is 179 Å². The van der Waals surface area contributed by atoms with Crippen molar-refractivity contribution in [3.05, 3.63) is 67.1 Å². The van der Waals surface area contributed by atoms with Crippen LogP contribution in [-0.4, -0.2) is 27.6 Å². The van der Waals surface area contributed by atoms with Crippen LogP contribution in [-0.2, 0) is 17.8 Å². The molecule has 8 nitrogen and oxygen atoms in total. The first-order valence-corrected chi connectivity index (χ1v) is 10.4. The Morgan fingerprint density at radius 2 is 1.90 bits per heavy atom. The minimum atomic E-state index is -0.234. The first-order chi connectivity index (χ1) is 14.2. The molecule has 0 unspecified atom stereocenters. The van der Waals surface area contributed by atoms with E-state index in [0.29, 0.717) is 29.3 Å². The van der Waals surface area contributed by atoms with Crippen LogP contribution in [0, 0.1) is 27.7 Å². The molecule has 0 aliphatic carbocycles. The number of carbonyl (C=O) groups is 1. The van der Waals surface area contributed by atoms with E-state index in [0.717, 1.165) is 21.1 Å². The SMILES string of the molecule is Cc1nc(C)c(CNn2ccc(C)c(CC(=O)N(C)c3ccc(N)nc3C)c2=O)s1. The molecule has 0 saturated carbocycles. The fourth-order valence-corrected chi connectivity index (χ4v) is 4.10. The number of pyridine rings is 2. The molecule has 1 amide bonds. The van der Waals surface area contributed by atoms with Crippen molar-refractivity contribution in [1.82, 2.24) is 14.6 Å². The lowest BCUT2D eigenvalue weighted by Gasteiger charge is -2.20. The van der Waals surface area contributed by atoms with Crippen molar-refractivity contribution < 1.29 is 4.79 Å². The molecule has 158 valence electrons. The lowest BCUT2D eigenvalue weighted by Crippen LogP contribution is -2.35. The molecule has 3 N–H and O–H groups in total. The highest BCUT2D eigenvalue weighted by atomic mass is 32.1. The van der Waals surface area contributed by atoms with Gasteiger partial charge in [0.25, 0.3) is 5.56 Å². The van der Waals surface area contributed by atoms with E-state index < -0.39 is 0 Å². The number of likely N-dealkylation sites (N-methyl/N-ethyl adjacent to an activating group) is 1. The Morgan fingerprint density at radius 3 is 2.53 bits per heavy atom. The monoisotopic (exact) mass is 426 g/mol. The Balaban J connectivity index is 1.80. The summed E-state index contributed by atoms with van der Waals surface area (Å²) in [7, 11) is 1.67. The topological polar surface area (TPSA) is 106 Å². The number of amides is 1. The van der Waals surface area contributed by atoms with Crippen LogP contribution in [0.2, 0.25) is 0 Å². The minimum absolute atomic E-state index is 0.00774. The quantitative estimate of drug-likeness (QED) is 0.627. The maximum absolute atomic E-state index is 13.0. The lowest BCUT2D eigenvalue weighted by molar-refractivity contribution is -0.117. The van der Waals surface area contributed by atoms with E-state index in [1.165, 1.54) is 9.58 Å². The van der Waals surface area contributed by atoms with Crippen LogP contribution in [0.25, 0.3) is 0 Å². The molecular weight excluding hydrogens is 400 g/mol. The van der Waals surface area contributed by atoms with Gasteiger partial charge in [0.05, 0.1) is 35.0 Å². The van der Waals surface area contributed by atoms with Crippen LogP contribution in [0.5, 0.6) is 0 Å². The van der Waals surface area contributed by atoms with Gasteiger partial charge in [-0.05, 0) is 51.5 Å². The molecule has 3 rings (SSSR count). The van der Waals surface area contributed by atoms with Gasteiger partial charge >= 0.3 is 0 Å². The Bertz CT molecular complexity index is 1150. The van der Waals surface area contributed by atoms with E-state index in [4.69, 9.17) is 5.73 Å². The molecule has 3 aromatic heterocycles. The molecule has 0 spiro atoms. The zero-order valence-corrected chi connectivity index (χ0v) is 18.6. The number of thiazole rings is 1. The van der Waals surface area contributed by atoms with Gasteiger partial charge in [0.1, 0.15) is 5.82 Å². The van der Waals surface area contributed by atoms with Crippen LogP contribution >= 0.6 is 11.3 Å². The number of hydrogen-bond acceptors (Lipinski definition) is 7. The third kappa shape index (κ3) is 4.51. The molecule has 0 radical (unpaired) electrons. The molecule has 0 atom stereocenters. The van der Waals surface area contributed by atoms with E-state index in [1.807, 2.05) is 26.8 Å². The fourth-order valence-electron chi connectivity index (χ4n) is 3.23. The van der Waals surface area contributed by atoms with Crippen molar-refractivity contribution in [2.75, 3.05) is 23.1 Å². The molecule has 0 bridgehead atoms. The molecule has 3 aromatic rings. The van der Waals surface area contributed by atoms with Gasteiger partial charge in [0.2, 0.25) is 5.91 Å². The summed E-state index contributed by atoms with van der Waals surface area (Å²) in [5, 5.41) is 0.988. The molecule has 30 heavy (non-hydrogen) atoms. The van der Waals surface area contributed by atoms with Crippen LogP contribution in [0.15, 0.2) is 29.2 Å². The summed E-state index contributed by atoms with van der Waals surface area (Å²) in [6.45, 7) is 8.03. The normalized spacial score (nSPS) is 10.8. The second kappa shape index (κ2) is 8.66. The highest BCUT2D eigenvalue weighted by Crippen LogP contribution is 2.19. The van der Waals surface area contributed by atoms with Gasteiger partial charge in [-0.15, -0.1) is 11.3 Å². The number of aryl methyl sites for hydroxylation is 4. The van der Waals surface area contributed by atoms with Crippen molar-refractivity contribution in [1.29, 1.82) is 0 Å². The van der Waals surface area contributed by atoms with Crippen LogP contribution < -0.4 is 21.6 Å². The molecule has 3 heterocycles. The van der Waals surface area contributed by atoms with Crippen molar-refractivity contribution in [3.63, 3.8) is 0 Å². The largest absolute Gasteiger partial charge is 0.384 e. The number of nitrogen functional groups attached to an aromatic ring is 1. The maximum Gasteiger partial charge on any atom is 0.272 e. The fraction of sp³-hybridized carbons (Fsp3) is 0.333. The predicted octanol–water partition coefficient (Wildman–Crippen LogP) is 2.46. The smallest absolute Gasteiger partial charge is 0.272 e. The third-order valence-corrected chi connectivity index (χ3v) is 6.05. The van der Waals surface area contributed by atoms with E-state index in [1.54, 1.807) is 43.6 Å². The lowest BCUT2D eigenvalue weighted by atomic mass is 10.1. The van der Waals surface area contributed by atoms with Gasteiger partial charge in [0, 0.05) is 23.7 Å². The first-order valence-electron chi connectivity index (χ1n) is 9.55. The Morgan fingerprint density at radius 1 is 1.17 bits per heavy atom. The summed E-state index contributed by atoms with van der Waals surface area (Å²) in [6.07, 6.45) is 1.68. The van der Waals surface area contributed by atoms with E-state index >= 15 is 0 Å². The Hall–Kier alpha value is -3.20. The second-order valence-electron chi connectivity index (χ2n) is 7.20. The average Bonchev–Trinajstić information content (AvgIpc) is 3.01. The first kappa shape index (κ1) is 21.5. The molecule has 0 aliphatic heterocycles. The summed E-state index contributed by atoms with van der Waals surface area (Å²) in [6, 6.07) is 5.24. The van der Waals surface area contributed by atoms with Crippen molar-refractivity contribution in [2.24, 2.45) is 0 Å². The number of nitrogens with two attached hydrogens (primary N) is 1. The van der Waals surface area contributed by atoms with Crippen molar-refractivity contribution >= 4 is 28.7 Å². The number of hydrogen-bond donors (Lipinski definition) is 2. The number of rotatable bonds is 6. The van der Waals surface area contributed by atoms with E-state index in [-0.39, 0.29) is 17.9 Å². The van der Waals surface area contributed by atoms with Gasteiger partial charge in [-0.3, -0.25) is 9.59 Å². The second-order valence-corrected chi connectivity index (χ2v) is 8.49. The summed E-state index contributed by atoms with van der Waals surface area (Å²) < 4.78 is 1.43. The summed E-state index contributed by atoms with van der Waals surface area (Å²) >= 11 is 1.60. The van der Waals surface area contributed by atoms with Crippen LogP contribution in [0.3, 0.4) is 0 Å². The van der Waals surface area contributed by atoms with Crippen LogP contribution in [0.4, 0.5) is 11.5 Å². The average molecular weight is 427 g/mol. The Kier molecular flexibility index (Phi) is 6.21. The molecular formula is C21H26N6O2S. The van der Waals surface area contributed by atoms with Gasteiger partial charge in [-0.2, -0.15) is 0 Å². The zero-order valence-electron chi connectivity index (χ0n) is 17.8. The van der Waals surface area contributed by atoms with Gasteiger partial charge in [-0.1, -0.05) is 0 Å². The zero-order chi connectivity index (χ0) is 22.0. The summed E-state index contributed by atoms with van der Waals surface area (Å²) in [5.41, 5.74) is 12.1. The molecule has 9 heteroatoms. The highest BCUT2D eigenvalue weighted by molar-refractivity contribution is 7.11. The minimum Gasteiger partial charge on any atom is -0.384 e. The number of aromatic nitrogens is 3. The van der Waals surface area contributed by atoms with Gasteiger partial charge in [-0.25, -0.2) is 14.6 Å². The molecule has 0 saturated heterocycles. The van der Waals surface area contributed by atoms with Crippen molar-refractivity contribution in [3.8, 4) is 0 Å². The number of nitrogens with one attached hydrogen (secondary N) is 1. The van der Waals surface area contributed by atoms with Crippen molar-refractivity contribution in [2.45, 2.75) is 40.7 Å². The van der Waals surface area contributed by atoms with Gasteiger partial charge in [0.15, 0.2) is 0 Å². The summed E-state index contributed by atoms with van der Waals surface area (Å²) in [5.74, 6) is 0.202. The number of carbonyl (C=O) groups excluding carboxylic acids is 1. The predicted molar refractivity (Wildman–Crippen MR) is 121 cm³/mol. The molecule has 0 fully saturated rings. The molecule has 0 aliphatic rings. The summed E-state index contributed by atoms with van der Waals surface area (Å²) in [4.78, 5) is 37.1. The van der Waals surface area contributed by atoms with Crippen LogP contribution in [0.1, 0.15) is 32.4 Å². The molecule has 0 aromatic carbocycles. The van der Waals surface area contributed by atoms with Gasteiger partial charge < -0.3 is 16.1 Å². The maximum atomic E-state index is 13.0. The standard InChI is InChI=1S/C21H26N6O2S/c1-12-8-9-27(23-11-18-14(3)24-15(4)30-18)21(29)16(12)10-20(28)26(5)17-6-7-19(22)25-13(17)2/h6-9,23H,10-11H2,1-5H3,(H2,22,25). The number of nitrogens with zero attached hydrogens (tertiary/aromatic N) is 4. The number of anilines is 2. The van der Waals surface area contributed by atoms with E-state index in [9.17, 15) is 9.59 Å². The van der Waals surface area contributed by atoms with E-state index in [2.05, 4.69) is 15.4 Å². The highest BCUT2D eigenvalue weighted by Gasteiger charge is 2.18.